The van der Waals surface area contributed by atoms with E-state index in [0.717, 1.165) is 31.4 Å². The molecule has 0 aliphatic carbocycles. The van der Waals surface area contributed by atoms with Crippen LogP contribution in [0.4, 0.5) is 10.1 Å². The third-order valence-electron chi connectivity index (χ3n) is 2.55. The zero-order valence-electron chi connectivity index (χ0n) is 11.4. The van der Waals surface area contributed by atoms with Gasteiger partial charge in [0, 0.05) is 6.07 Å². The topological polar surface area (TPSA) is 78.7 Å². The van der Waals surface area contributed by atoms with E-state index in [0.29, 0.717) is 0 Å². The number of carbonyl (C=O) groups excluding carboxylic acids is 1. The van der Waals surface area contributed by atoms with Crippen molar-refractivity contribution in [3.63, 3.8) is 0 Å². The average Bonchev–Trinajstić information content (AvgIpc) is 2.42. The average molecular weight is 320 g/mol. The Morgan fingerprint density at radius 3 is 2.76 bits per heavy atom. The van der Waals surface area contributed by atoms with Crippen molar-refractivity contribution < 1.29 is 23.6 Å². The zero-order valence-corrected chi connectivity index (χ0v) is 12.2. The van der Waals surface area contributed by atoms with E-state index in [1.54, 1.807) is 0 Å². The smallest absolute Gasteiger partial charge is 0.344 e. The molecule has 1 rings (SSSR count). The van der Waals surface area contributed by atoms with Crippen LogP contribution < -0.4 is 4.74 Å². The van der Waals surface area contributed by atoms with Gasteiger partial charge in [-0.1, -0.05) is 31.4 Å². The first kappa shape index (κ1) is 17.2. The lowest BCUT2D eigenvalue weighted by Crippen LogP contribution is -2.15. The third kappa shape index (κ3) is 5.55. The number of ether oxygens (including phenoxy) is 2. The van der Waals surface area contributed by atoms with Crippen molar-refractivity contribution in [3.8, 4) is 5.75 Å². The molecule has 0 fully saturated rings. The molecule has 1 aromatic rings. The number of carbonyl (C=O) groups is 1. The number of hydrogen-bond acceptors (Lipinski definition) is 5. The van der Waals surface area contributed by atoms with E-state index < -0.39 is 29.0 Å². The second-order valence-electron chi connectivity index (χ2n) is 4.21. The van der Waals surface area contributed by atoms with Gasteiger partial charge in [0.25, 0.3) is 0 Å². The fourth-order valence-electron chi connectivity index (χ4n) is 1.49. The Kier molecular flexibility index (Phi) is 6.87. The number of nitrogens with zero attached hydrogens (tertiary/aromatic N) is 1. The second kappa shape index (κ2) is 8.41. The quantitative estimate of drug-likeness (QED) is 0.317. The second-order valence-corrected chi connectivity index (χ2v) is 4.61. The van der Waals surface area contributed by atoms with E-state index in [-0.39, 0.29) is 17.4 Å². The molecule has 116 valence electrons. The molecule has 0 saturated carbocycles. The van der Waals surface area contributed by atoms with E-state index in [1.165, 1.54) is 0 Å². The van der Waals surface area contributed by atoms with E-state index in [2.05, 4.69) is 0 Å². The summed E-state index contributed by atoms with van der Waals surface area (Å²) in [6.45, 7) is 1.86. The largest absolute Gasteiger partial charge is 0.480 e. The summed E-state index contributed by atoms with van der Waals surface area (Å²) in [7, 11) is 0. The number of nitro groups is 1. The monoisotopic (exact) mass is 319 g/mol. The predicted molar refractivity (Wildman–Crippen MR) is 74.0 cm³/mol. The third-order valence-corrected chi connectivity index (χ3v) is 2.85. The molecule has 0 atom stereocenters. The Morgan fingerprint density at radius 2 is 2.14 bits per heavy atom. The highest BCUT2D eigenvalue weighted by Gasteiger charge is 2.19. The van der Waals surface area contributed by atoms with Crippen LogP contribution in [0.1, 0.15) is 26.2 Å². The minimum Gasteiger partial charge on any atom is -0.480 e. The van der Waals surface area contributed by atoms with Crippen LogP contribution in [0.15, 0.2) is 12.1 Å². The van der Waals surface area contributed by atoms with Gasteiger partial charge >= 0.3 is 11.7 Å². The lowest BCUT2D eigenvalue weighted by Gasteiger charge is -2.08. The van der Waals surface area contributed by atoms with Crippen LogP contribution in [0.5, 0.6) is 5.75 Å². The Morgan fingerprint density at radius 1 is 1.43 bits per heavy atom. The normalized spacial score (nSPS) is 10.2. The fraction of sp³-hybridized carbons (Fsp3) is 0.462. The molecule has 21 heavy (non-hydrogen) atoms. The summed E-state index contributed by atoms with van der Waals surface area (Å²) in [4.78, 5) is 21.1. The van der Waals surface area contributed by atoms with Gasteiger partial charge < -0.3 is 9.47 Å². The summed E-state index contributed by atoms with van der Waals surface area (Å²) in [6, 6.07) is 1.60. The van der Waals surface area contributed by atoms with Gasteiger partial charge in [0.2, 0.25) is 5.82 Å². The predicted octanol–water partition coefficient (Wildman–Crippen LogP) is 3.50. The van der Waals surface area contributed by atoms with Gasteiger partial charge in [-0.3, -0.25) is 10.1 Å². The van der Waals surface area contributed by atoms with Crippen molar-refractivity contribution in [2.24, 2.45) is 0 Å². The van der Waals surface area contributed by atoms with E-state index >= 15 is 0 Å². The molecule has 0 bridgehead atoms. The highest BCUT2D eigenvalue weighted by molar-refractivity contribution is 6.32. The molecule has 0 saturated heterocycles. The Bertz CT molecular complexity index is 524. The fourth-order valence-corrected chi connectivity index (χ4v) is 1.69. The maximum absolute atomic E-state index is 13.2. The van der Waals surface area contributed by atoms with Crippen LogP contribution in [-0.4, -0.2) is 24.1 Å². The molecular weight excluding hydrogens is 305 g/mol. The first-order valence-corrected chi connectivity index (χ1v) is 6.75. The number of halogens is 2. The van der Waals surface area contributed by atoms with Crippen LogP contribution >= 0.6 is 11.6 Å². The van der Waals surface area contributed by atoms with E-state index in [1.807, 2.05) is 6.92 Å². The van der Waals surface area contributed by atoms with Crippen LogP contribution in [0.25, 0.3) is 0 Å². The maximum Gasteiger partial charge on any atom is 0.344 e. The molecule has 0 radical (unpaired) electrons. The Hall–Kier alpha value is -1.89. The molecular formula is C13H15ClFNO5. The molecule has 1 aromatic carbocycles. The van der Waals surface area contributed by atoms with Gasteiger partial charge in [0.1, 0.15) is 5.75 Å². The summed E-state index contributed by atoms with van der Waals surface area (Å²) in [5.41, 5.74) is -0.772. The molecule has 8 heteroatoms. The molecule has 0 aliphatic heterocycles. The molecule has 0 amide bonds. The molecule has 0 unspecified atom stereocenters. The van der Waals surface area contributed by atoms with Crippen LogP contribution in [0, 0.1) is 15.9 Å². The van der Waals surface area contributed by atoms with Crippen molar-refractivity contribution in [2.75, 3.05) is 13.2 Å². The van der Waals surface area contributed by atoms with Crippen molar-refractivity contribution in [3.05, 3.63) is 33.1 Å². The lowest BCUT2D eigenvalue weighted by molar-refractivity contribution is -0.387. The van der Waals surface area contributed by atoms with Gasteiger partial charge in [0.15, 0.2) is 6.61 Å². The molecule has 6 nitrogen and oxygen atoms in total. The van der Waals surface area contributed by atoms with Crippen LogP contribution in [-0.2, 0) is 9.53 Å². The Balaban J connectivity index is 2.57. The minimum atomic E-state index is -1.07. The van der Waals surface area contributed by atoms with Crippen molar-refractivity contribution >= 4 is 23.3 Å². The van der Waals surface area contributed by atoms with Crippen molar-refractivity contribution in [1.82, 2.24) is 0 Å². The number of rotatable bonds is 8. The van der Waals surface area contributed by atoms with E-state index in [4.69, 9.17) is 21.1 Å². The number of hydrogen-bond donors (Lipinski definition) is 0. The molecule has 0 N–H and O–H groups in total. The van der Waals surface area contributed by atoms with Crippen LogP contribution in [0.2, 0.25) is 5.02 Å². The summed E-state index contributed by atoms with van der Waals surface area (Å²) in [5.74, 6) is -1.83. The lowest BCUT2D eigenvalue weighted by atomic mass is 10.3. The standard InChI is InChI=1S/C13H15ClFNO5/c1-2-3-4-5-20-13(17)8-21-12-7-11(16(18)19)10(15)6-9(12)14/h6-7H,2-5,8H2,1H3. The summed E-state index contributed by atoms with van der Waals surface area (Å²) >= 11 is 5.70. The summed E-state index contributed by atoms with van der Waals surface area (Å²) in [6.07, 6.45) is 2.71. The number of esters is 1. The SMILES string of the molecule is CCCCCOC(=O)COc1cc([N+](=O)[O-])c(F)cc1Cl. The summed E-state index contributed by atoms with van der Waals surface area (Å²) in [5, 5.41) is 10.4. The number of benzene rings is 1. The molecule has 0 spiro atoms. The van der Waals surface area contributed by atoms with E-state index in [9.17, 15) is 19.3 Å². The summed E-state index contributed by atoms with van der Waals surface area (Å²) < 4.78 is 23.2. The van der Waals surface area contributed by atoms with Crippen molar-refractivity contribution in [2.45, 2.75) is 26.2 Å². The van der Waals surface area contributed by atoms with Crippen LogP contribution in [0.3, 0.4) is 0 Å². The first-order valence-electron chi connectivity index (χ1n) is 6.37. The van der Waals surface area contributed by atoms with Gasteiger partial charge in [0.05, 0.1) is 22.6 Å². The highest BCUT2D eigenvalue weighted by Crippen LogP contribution is 2.31. The van der Waals surface area contributed by atoms with Gasteiger partial charge in [-0.25, -0.2) is 4.79 Å². The highest BCUT2D eigenvalue weighted by atomic mass is 35.5. The first-order chi connectivity index (χ1) is 9.95. The van der Waals surface area contributed by atoms with Gasteiger partial charge in [-0.2, -0.15) is 4.39 Å². The van der Waals surface area contributed by atoms with Gasteiger partial charge in [-0.05, 0) is 6.42 Å². The number of unbranched alkanes of at least 4 members (excludes halogenated alkanes) is 2. The van der Waals surface area contributed by atoms with Gasteiger partial charge in [-0.15, -0.1) is 0 Å². The molecule has 0 aromatic heterocycles. The minimum absolute atomic E-state index is 0.143. The maximum atomic E-state index is 13.2. The molecule has 0 heterocycles. The Labute approximate surface area is 125 Å². The number of nitro benzene ring substituents is 1. The van der Waals surface area contributed by atoms with Crippen molar-refractivity contribution in [1.29, 1.82) is 0 Å². The molecule has 0 aliphatic rings. The zero-order chi connectivity index (χ0) is 15.8.